The summed E-state index contributed by atoms with van der Waals surface area (Å²) in [7, 11) is 0. The van der Waals surface area contributed by atoms with Gasteiger partial charge in [-0.2, -0.15) is 0 Å². The predicted octanol–water partition coefficient (Wildman–Crippen LogP) is 1.73. The molecule has 1 aromatic carbocycles. The minimum Gasteiger partial charge on any atom is -0.480 e. The normalized spacial score (nSPS) is 11.9. The van der Waals surface area contributed by atoms with E-state index in [1.54, 1.807) is 19.9 Å². The van der Waals surface area contributed by atoms with Crippen molar-refractivity contribution in [3.63, 3.8) is 0 Å². The Kier molecular flexibility index (Phi) is 4.20. The molecular weight excluding hydrogens is 225 g/mol. The van der Waals surface area contributed by atoms with Gasteiger partial charge in [-0.3, -0.25) is 4.79 Å². The second-order valence-corrected chi connectivity index (χ2v) is 3.76. The number of benzene rings is 1. The van der Waals surface area contributed by atoms with E-state index in [9.17, 15) is 14.0 Å². The molecule has 0 aliphatic rings. The van der Waals surface area contributed by atoms with E-state index >= 15 is 0 Å². The molecule has 1 amide bonds. The van der Waals surface area contributed by atoms with Gasteiger partial charge in [-0.15, -0.1) is 0 Å². The van der Waals surface area contributed by atoms with Gasteiger partial charge in [0.15, 0.2) is 0 Å². The molecule has 0 aliphatic carbocycles. The van der Waals surface area contributed by atoms with Crippen LogP contribution in [0.25, 0.3) is 0 Å². The van der Waals surface area contributed by atoms with E-state index in [1.807, 2.05) is 0 Å². The molecule has 0 saturated heterocycles. The monoisotopic (exact) mass is 239 g/mol. The van der Waals surface area contributed by atoms with Crippen molar-refractivity contribution in [1.29, 1.82) is 0 Å². The van der Waals surface area contributed by atoms with Gasteiger partial charge < -0.3 is 10.4 Å². The molecule has 4 nitrogen and oxygen atoms in total. The fourth-order valence-electron chi connectivity index (χ4n) is 1.39. The molecule has 0 heterocycles. The quantitative estimate of drug-likeness (QED) is 0.840. The third-order valence-electron chi connectivity index (χ3n) is 2.38. The maximum atomic E-state index is 13.4. The molecule has 0 aliphatic heterocycles. The molecule has 1 atom stereocenters. The Morgan fingerprint density at radius 2 is 2.12 bits per heavy atom. The van der Waals surface area contributed by atoms with Gasteiger partial charge in [0.25, 0.3) is 5.91 Å². The van der Waals surface area contributed by atoms with Gasteiger partial charge >= 0.3 is 5.97 Å². The fourth-order valence-corrected chi connectivity index (χ4v) is 1.39. The average molecular weight is 239 g/mol. The highest BCUT2D eigenvalue weighted by Gasteiger charge is 2.20. The summed E-state index contributed by atoms with van der Waals surface area (Å²) in [5.74, 6) is -2.50. The first kappa shape index (κ1) is 13.2. The highest BCUT2D eigenvalue weighted by Crippen LogP contribution is 2.10. The summed E-state index contributed by atoms with van der Waals surface area (Å²) >= 11 is 0. The number of carboxylic acids is 1. The Labute approximate surface area is 98.5 Å². The molecular formula is C12H14FNO3. The van der Waals surface area contributed by atoms with Gasteiger partial charge in [-0.1, -0.05) is 18.6 Å². The first-order chi connectivity index (χ1) is 7.95. The number of rotatable bonds is 4. The topological polar surface area (TPSA) is 66.4 Å². The Balaban J connectivity index is 2.89. The lowest BCUT2D eigenvalue weighted by Crippen LogP contribution is -2.40. The van der Waals surface area contributed by atoms with Crippen molar-refractivity contribution in [1.82, 2.24) is 5.32 Å². The molecule has 0 saturated carbocycles. The van der Waals surface area contributed by atoms with Crippen molar-refractivity contribution >= 4 is 11.9 Å². The molecule has 1 rings (SSSR count). The minimum absolute atomic E-state index is 0.135. The van der Waals surface area contributed by atoms with Crippen LogP contribution in [0.15, 0.2) is 18.2 Å². The Morgan fingerprint density at radius 1 is 1.47 bits per heavy atom. The van der Waals surface area contributed by atoms with Gasteiger partial charge in [0.2, 0.25) is 0 Å². The molecule has 0 radical (unpaired) electrons. The van der Waals surface area contributed by atoms with Crippen molar-refractivity contribution in [3.05, 3.63) is 35.1 Å². The lowest BCUT2D eigenvalue weighted by atomic mass is 10.1. The third kappa shape index (κ3) is 3.27. The molecule has 2 N–H and O–H groups in total. The van der Waals surface area contributed by atoms with Crippen LogP contribution < -0.4 is 5.32 Å². The van der Waals surface area contributed by atoms with Crippen molar-refractivity contribution in [2.75, 3.05) is 0 Å². The molecule has 5 heteroatoms. The molecule has 0 aromatic heterocycles. The van der Waals surface area contributed by atoms with Crippen LogP contribution in [0.2, 0.25) is 0 Å². The number of nitrogens with one attached hydrogen (secondary N) is 1. The van der Waals surface area contributed by atoms with Crippen molar-refractivity contribution < 1.29 is 19.1 Å². The van der Waals surface area contributed by atoms with Crippen LogP contribution in [0, 0.1) is 12.7 Å². The van der Waals surface area contributed by atoms with E-state index < -0.39 is 23.7 Å². The van der Waals surface area contributed by atoms with E-state index in [0.717, 1.165) is 5.56 Å². The second-order valence-electron chi connectivity index (χ2n) is 3.76. The molecule has 92 valence electrons. The molecule has 0 spiro atoms. The van der Waals surface area contributed by atoms with Crippen LogP contribution in [-0.4, -0.2) is 23.0 Å². The molecule has 0 bridgehead atoms. The van der Waals surface area contributed by atoms with Crippen LogP contribution in [0.3, 0.4) is 0 Å². The summed E-state index contributed by atoms with van der Waals surface area (Å²) in [6.07, 6.45) is 0.245. The zero-order chi connectivity index (χ0) is 13.0. The Bertz CT molecular complexity index is 445. The second kappa shape index (κ2) is 5.43. The third-order valence-corrected chi connectivity index (χ3v) is 2.38. The van der Waals surface area contributed by atoms with Crippen LogP contribution in [0.1, 0.15) is 29.3 Å². The minimum atomic E-state index is -1.13. The number of carbonyl (C=O) groups is 2. The van der Waals surface area contributed by atoms with E-state index in [0.29, 0.717) is 0 Å². The van der Waals surface area contributed by atoms with Crippen LogP contribution >= 0.6 is 0 Å². The van der Waals surface area contributed by atoms with E-state index in [-0.39, 0.29) is 12.0 Å². The molecule has 0 unspecified atom stereocenters. The summed E-state index contributed by atoms with van der Waals surface area (Å²) in [6, 6.07) is 3.12. The van der Waals surface area contributed by atoms with Crippen LogP contribution in [0.4, 0.5) is 4.39 Å². The van der Waals surface area contributed by atoms with Crippen molar-refractivity contribution in [2.24, 2.45) is 0 Å². The van der Waals surface area contributed by atoms with E-state index in [4.69, 9.17) is 5.11 Å². The van der Waals surface area contributed by atoms with E-state index in [1.165, 1.54) is 12.1 Å². The lowest BCUT2D eigenvalue weighted by Gasteiger charge is -2.12. The first-order valence-electron chi connectivity index (χ1n) is 5.25. The fraction of sp³-hybridized carbons (Fsp3) is 0.333. The summed E-state index contributed by atoms with van der Waals surface area (Å²) in [6.45, 7) is 3.36. The zero-order valence-corrected chi connectivity index (χ0v) is 9.66. The van der Waals surface area contributed by atoms with Gasteiger partial charge in [-0.25, -0.2) is 9.18 Å². The summed E-state index contributed by atoms with van der Waals surface area (Å²) in [5.41, 5.74) is 0.602. The van der Waals surface area contributed by atoms with E-state index in [2.05, 4.69) is 5.32 Å². The summed E-state index contributed by atoms with van der Waals surface area (Å²) < 4.78 is 13.4. The first-order valence-corrected chi connectivity index (χ1v) is 5.25. The number of amides is 1. The molecule has 17 heavy (non-hydrogen) atoms. The van der Waals surface area contributed by atoms with Gasteiger partial charge in [0.1, 0.15) is 11.9 Å². The summed E-state index contributed by atoms with van der Waals surface area (Å²) in [5, 5.41) is 11.1. The predicted molar refractivity (Wildman–Crippen MR) is 60.3 cm³/mol. The largest absolute Gasteiger partial charge is 0.480 e. The van der Waals surface area contributed by atoms with Crippen LogP contribution in [0.5, 0.6) is 0 Å². The molecule has 1 aromatic rings. The molecule has 0 fully saturated rings. The van der Waals surface area contributed by atoms with Gasteiger partial charge in [0, 0.05) is 0 Å². The number of halogens is 1. The number of aliphatic carboxylic acids is 1. The van der Waals surface area contributed by atoms with Crippen molar-refractivity contribution in [2.45, 2.75) is 26.3 Å². The number of carbonyl (C=O) groups excluding carboxylic acids is 1. The lowest BCUT2D eigenvalue weighted by molar-refractivity contribution is -0.139. The Hall–Kier alpha value is -1.91. The standard InChI is InChI=1S/C12H14FNO3/c1-3-10(12(16)17)14-11(15)8-6-7(2)4-5-9(8)13/h4-6,10H,3H2,1-2H3,(H,14,15)(H,16,17)/t10-/m0/s1. The smallest absolute Gasteiger partial charge is 0.326 e. The maximum absolute atomic E-state index is 13.4. The number of hydrogen-bond acceptors (Lipinski definition) is 2. The SMILES string of the molecule is CC[C@H](NC(=O)c1cc(C)ccc1F)C(=O)O. The van der Waals surface area contributed by atoms with Crippen LogP contribution in [-0.2, 0) is 4.79 Å². The van der Waals surface area contributed by atoms with Crippen molar-refractivity contribution in [3.8, 4) is 0 Å². The zero-order valence-electron chi connectivity index (χ0n) is 9.66. The number of aryl methyl sites for hydroxylation is 1. The number of carboxylic acid groups (broad SMARTS) is 1. The Morgan fingerprint density at radius 3 is 2.65 bits per heavy atom. The highest BCUT2D eigenvalue weighted by atomic mass is 19.1. The van der Waals surface area contributed by atoms with Gasteiger partial charge in [0.05, 0.1) is 5.56 Å². The van der Waals surface area contributed by atoms with Gasteiger partial charge in [-0.05, 0) is 25.5 Å². The average Bonchev–Trinajstić information content (AvgIpc) is 2.28. The highest BCUT2D eigenvalue weighted by molar-refractivity contribution is 5.96. The number of hydrogen-bond donors (Lipinski definition) is 2. The maximum Gasteiger partial charge on any atom is 0.326 e. The summed E-state index contributed by atoms with van der Waals surface area (Å²) in [4.78, 5) is 22.4.